The Bertz CT molecular complexity index is 453. The fourth-order valence-electron chi connectivity index (χ4n) is 1.63. The maximum atomic E-state index is 14.0. The van der Waals surface area contributed by atoms with Crippen LogP contribution in [0.1, 0.15) is 17.4 Å². The lowest BCUT2D eigenvalue weighted by atomic mass is 10.1. The summed E-state index contributed by atoms with van der Waals surface area (Å²) < 4.78 is 14.0. The van der Waals surface area contributed by atoms with Crippen molar-refractivity contribution in [2.75, 3.05) is 5.32 Å². The van der Waals surface area contributed by atoms with Crippen LogP contribution in [0.4, 0.5) is 10.1 Å². The van der Waals surface area contributed by atoms with Gasteiger partial charge in [0.05, 0.1) is 0 Å². The molecule has 0 aliphatic heterocycles. The Labute approximate surface area is 94.9 Å². The molecule has 0 fully saturated rings. The van der Waals surface area contributed by atoms with Crippen molar-refractivity contribution >= 4 is 5.69 Å². The SMILES string of the molecule is Cc1ccccc1C(F)Nc1ccccc1. The lowest BCUT2D eigenvalue weighted by molar-refractivity contribution is 0.384. The summed E-state index contributed by atoms with van der Waals surface area (Å²) in [5, 5.41) is 2.83. The molecule has 0 aliphatic carbocycles. The number of hydrogen-bond donors (Lipinski definition) is 1. The van der Waals surface area contributed by atoms with Crippen LogP contribution in [0.15, 0.2) is 54.6 Å². The molecule has 1 nitrogen and oxygen atoms in total. The second kappa shape index (κ2) is 4.79. The van der Waals surface area contributed by atoms with E-state index in [-0.39, 0.29) is 0 Å². The Morgan fingerprint density at radius 1 is 0.938 bits per heavy atom. The zero-order chi connectivity index (χ0) is 11.4. The molecule has 0 saturated heterocycles. The molecular formula is C14H14FN. The van der Waals surface area contributed by atoms with Gasteiger partial charge in [-0.25, -0.2) is 4.39 Å². The minimum atomic E-state index is -1.16. The smallest absolute Gasteiger partial charge is 0.196 e. The number of benzene rings is 2. The maximum absolute atomic E-state index is 14.0. The molecule has 0 spiro atoms. The van der Waals surface area contributed by atoms with E-state index in [2.05, 4.69) is 5.32 Å². The first-order valence-electron chi connectivity index (χ1n) is 5.28. The van der Waals surface area contributed by atoms with E-state index in [1.54, 1.807) is 6.07 Å². The average molecular weight is 215 g/mol. The maximum Gasteiger partial charge on any atom is 0.196 e. The summed E-state index contributed by atoms with van der Waals surface area (Å²) in [5.74, 6) is 0. The average Bonchev–Trinajstić information content (AvgIpc) is 2.31. The fourth-order valence-corrected chi connectivity index (χ4v) is 1.63. The summed E-state index contributed by atoms with van der Waals surface area (Å²) in [6.07, 6.45) is -1.16. The molecular weight excluding hydrogens is 201 g/mol. The van der Waals surface area contributed by atoms with Crippen LogP contribution in [0.3, 0.4) is 0 Å². The van der Waals surface area contributed by atoms with E-state index in [0.717, 1.165) is 11.3 Å². The molecule has 1 atom stereocenters. The highest BCUT2D eigenvalue weighted by Gasteiger charge is 2.10. The third-order valence-corrected chi connectivity index (χ3v) is 2.53. The van der Waals surface area contributed by atoms with Gasteiger partial charge in [0.25, 0.3) is 0 Å². The summed E-state index contributed by atoms with van der Waals surface area (Å²) in [7, 11) is 0. The molecule has 0 heterocycles. The Morgan fingerprint density at radius 3 is 2.25 bits per heavy atom. The van der Waals surface area contributed by atoms with Gasteiger partial charge in [-0.2, -0.15) is 0 Å². The van der Waals surface area contributed by atoms with Gasteiger partial charge in [0.1, 0.15) is 0 Å². The highest BCUT2D eigenvalue weighted by molar-refractivity contribution is 5.45. The Balaban J connectivity index is 2.15. The van der Waals surface area contributed by atoms with Crippen LogP contribution in [0, 0.1) is 6.92 Å². The molecule has 0 bridgehead atoms. The largest absolute Gasteiger partial charge is 0.352 e. The number of halogens is 1. The van der Waals surface area contributed by atoms with E-state index in [1.807, 2.05) is 55.5 Å². The molecule has 2 aromatic carbocycles. The molecule has 0 aromatic heterocycles. The monoisotopic (exact) mass is 215 g/mol. The first-order chi connectivity index (χ1) is 7.77. The van der Waals surface area contributed by atoms with Crippen molar-refractivity contribution in [1.82, 2.24) is 0 Å². The normalized spacial score (nSPS) is 12.1. The minimum absolute atomic E-state index is 0.686. The van der Waals surface area contributed by atoms with Crippen molar-refractivity contribution in [1.29, 1.82) is 0 Å². The Kier molecular flexibility index (Phi) is 3.20. The van der Waals surface area contributed by atoms with Crippen molar-refractivity contribution in [3.63, 3.8) is 0 Å². The highest BCUT2D eigenvalue weighted by atomic mass is 19.1. The molecule has 1 unspecified atom stereocenters. The number of aryl methyl sites for hydroxylation is 1. The zero-order valence-electron chi connectivity index (χ0n) is 9.15. The molecule has 0 radical (unpaired) electrons. The van der Waals surface area contributed by atoms with Crippen molar-refractivity contribution in [2.45, 2.75) is 13.2 Å². The lowest BCUT2D eigenvalue weighted by Gasteiger charge is -2.14. The van der Waals surface area contributed by atoms with Gasteiger partial charge in [0.2, 0.25) is 0 Å². The molecule has 2 heteroatoms. The molecule has 0 saturated carbocycles. The lowest BCUT2D eigenvalue weighted by Crippen LogP contribution is -2.06. The summed E-state index contributed by atoms with van der Waals surface area (Å²) in [6, 6.07) is 16.8. The van der Waals surface area contributed by atoms with Gasteiger partial charge in [0, 0.05) is 11.3 Å². The van der Waals surface area contributed by atoms with Crippen LogP contribution in [0.5, 0.6) is 0 Å². The van der Waals surface area contributed by atoms with Gasteiger partial charge in [-0.05, 0) is 24.6 Å². The number of anilines is 1. The molecule has 16 heavy (non-hydrogen) atoms. The van der Waals surface area contributed by atoms with E-state index in [0.29, 0.717) is 5.56 Å². The standard InChI is InChI=1S/C14H14FN/c1-11-7-5-6-10-13(11)14(15)16-12-8-3-2-4-9-12/h2-10,14,16H,1H3. The quantitative estimate of drug-likeness (QED) is 0.761. The number of rotatable bonds is 3. The van der Waals surface area contributed by atoms with Gasteiger partial charge in [-0.15, -0.1) is 0 Å². The van der Waals surface area contributed by atoms with Crippen molar-refractivity contribution in [2.24, 2.45) is 0 Å². The van der Waals surface area contributed by atoms with Crippen LogP contribution in [-0.4, -0.2) is 0 Å². The summed E-state index contributed by atoms with van der Waals surface area (Å²) in [6.45, 7) is 1.91. The van der Waals surface area contributed by atoms with Gasteiger partial charge in [0.15, 0.2) is 6.30 Å². The van der Waals surface area contributed by atoms with E-state index >= 15 is 0 Å². The summed E-state index contributed by atoms with van der Waals surface area (Å²) >= 11 is 0. The first-order valence-corrected chi connectivity index (χ1v) is 5.28. The minimum Gasteiger partial charge on any atom is -0.352 e. The molecule has 2 aromatic rings. The van der Waals surface area contributed by atoms with Gasteiger partial charge in [-0.3, -0.25) is 0 Å². The number of nitrogens with one attached hydrogen (secondary N) is 1. The van der Waals surface area contributed by atoms with E-state index in [1.165, 1.54) is 0 Å². The van der Waals surface area contributed by atoms with Gasteiger partial charge < -0.3 is 5.32 Å². The second-order valence-electron chi connectivity index (χ2n) is 3.73. The Morgan fingerprint density at radius 2 is 1.56 bits per heavy atom. The van der Waals surface area contributed by atoms with Crippen LogP contribution in [0.2, 0.25) is 0 Å². The first kappa shape index (κ1) is 10.7. The third kappa shape index (κ3) is 2.40. The highest BCUT2D eigenvalue weighted by Crippen LogP contribution is 2.23. The van der Waals surface area contributed by atoms with Crippen LogP contribution in [-0.2, 0) is 0 Å². The molecule has 0 amide bonds. The zero-order valence-corrected chi connectivity index (χ0v) is 9.15. The molecule has 2 rings (SSSR count). The predicted molar refractivity (Wildman–Crippen MR) is 65.1 cm³/mol. The van der Waals surface area contributed by atoms with Crippen molar-refractivity contribution in [3.8, 4) is 0 Å². The van der Waals surface area contributed by atoms with Crippen LogP contribution >= 0.6 is 0 Å². The Hall–Kier alpha value is -1.83. The van der Waals surface area contributed by atoms with Gasteiger partial charge >= 0.3 is 0 Å². The fraction of sp³-hybridized carbons (Fsp3) is 0.143. The third-order valence-electron chi connectivity index (χ3n) is 2.53. The summed E-state index contributed by atoms with van der Waals surface area (Å²) in [5.41, 5.74) is 2.43. The van der Waals surface area contributed by atoms with E-state index < -0.39 is 6.30 Å². The second-order valence-corrected chi connectivity index (χ2v) is 3.73. The number of hydrogen-bond acceptors (Lipinski definition) is 1. The van der Waals surface area contributed by atoms with Crippen molar-refractivity contribution < 1.29 is 4.39 Å². The number of alkyl halides is 1. The van der Waals surface area contributed by atoms with E-state index in [9.17, 15) is 4.39 Å². The van der Waals surface area contributed by atoms with E-state index in [4.69, 9.17) is 0 Å². The van der Waals surface area contributed by atoms with Crippen molar-refractivity contribution in [3.05, 3.63) is 65.7 Å². The topological polar surface area (TPSA) is 12.0 Å². The number of para-hydroxylation sites is 1. The molecule has 82 valence electrons. The predicted octanol–water partition coefficient (Wildman–Crippen LogP) is 4.08. The molecule has 0 aliphatic rings. The van der Waals surface area contributed by atoms with Crippen LogP contribution < -0.4 is 5.32 Å². The summed E-state index contributed by atoms with van der Waals surface area (Å²) in [4.78, 5) is 0. The van der Waals surface area contributed by atoms with Crippen LogP contribution in [0.25, 0.3) is 0 Å². The van der Waals surface area contributed by atoms with Gasteiger partial charge in [-0.1, -0.05) is 42.5 Å². The molecule has 1 N–H and O–H groups in total.